The maximum absolute atomic E-state index is 13.0. The first kappa shape index (κ1) is 16.0. The number of aryl methyl sites for hydroxylation is 2. The van der Waals surface area contributed by atoms with Crippen molar-refractivity contribution in [2.45, 2.75) is 33.2 Å². The van der Waals surface area contributed by atoms with Crippen LogP contribution in [0.25, 0.3) is 0 Å². The Morgan fingerprint density at radius 2 is 1.81 bits per heavy atom. The summed E-state index contributed by atoms with van der Waals surface area (Å²) in [7, 11) is 1.65. The molecule has 1 aliphatic heterocycles. The number of carbonyl (C=O) groups excluding carboxylic acids is 1. The van der Waals surface area contributed by atoms with E-state index >= 15 is 0 Å². The Labute approximate surface area is 127 Å². The minimum Gasteiger partial charge on any atom is -0.496 e. The van der Waals surface area contributed by atoms with E-state index < -0.39 is 5.54 Å². The Morgan fingerprint density at radius 1 is 1.19 bits per heavy atom. The Kier molecular flexibility index (Phi) is 4.69. The van der Waals surface area contributed by atoms with Crippen LogP contribution in [-0.2, 0) is 4.74 Å². The molecule has 0 amide bonds. The summed E-state index contributed by atoms with van der Waals surface area (Å²) >= 11 is 0. The van der Waals surface area contributed by atoms with E-state index in [4.69, 9.17) is 9.47 Å². The summed E-state index contributed by atoms with van der Waals surface area (Å²) in [4.78, 5) is 15.2. The van der Waals surface area contributed by atoms with Gasteiger partial charge < -0.3 is 9.47 Å². The molecule has 0 aromatic heterocycles. The fraction of sp³-hybridized carbons (Fsp3) is 0.588. The number of carbonyl (C=O) groups is 1. The molecule has 1 saturated heterocycles. The van der Waals surface area contributed by atoms with E-state index in [9.17, 15) is 4.79 Å². The lowest BCUT2D eigenvalue weighted by atomic mass is 9.88. The van der Waals surface area contributed by atoms with E-state index in [0.29, 0.717) is 13.2 Å². The zero-order chi connectivity index (χ0) is 15.6. The Bertz CT molecular complexity index is 531. The standard InChI is InChI=1S/C17H25NO3/c1-12-11-15(20-5)13(2)10-14(12)16(19)17(3,4)18-6-8-21-9-7-18/h10-11H,6-9H2,1-5H3. The largest absolute Gasteiger partial charge is 0.496 e. The molecule has 0 saturated carbocycles. The molecule has 4 nitrogen and oxygen atoms in total. The molecule has 4 heteroatoms. The van der Waals surface area contributed by atoms with Gasteiger partial charge in [0.2, 0.25) is 0 Å². The van der Waals surface area contributed by atoms with Crippen molar-refractivity contribution in [3.63, 3.8) is 0 Å². The molecule has 1 fully saturated rings. The van der Waals surface area contributed by atoms with Crippen molar-refractivity contribution in [1.29, 1.82) is 0 Å². The van der Waals surface area contributed by atoms with Crippen molar-refractivity contribution in [2.24, 2.45) is 0 Å². The average molecular weight is 291 g/mol. The number of benzene rings is 1. The van der Waals surface area contributed by atoms with Crippen molar-refractivity contribution >= 4 is 5.78 Å². The molecule has 0 unspecified atom stereocenters. The van der Waals surface area contributed by atoms with E-state index in [1.807, 2.05) is 39.8 Å². The third-order valence-electron chi connectivity index (χ3n) is 4.34. The summed E-state index contributed by atoms with van der Waals surface area (Å²) in [6.45, 7) is 10.9. The normalized spacial score (nSPS) is 16.8. The molecule has 1 aliphatic rings. The van der Waals surface area contributed by atoms with Gasteiger partial charge >= 0.3 is 0 Å². The summed E-state index contributed by atoms with van der Waals surface area (Å²) in [5.41, 5.74) is 2.22. The van der Waals surface area contributed by atoms with Gasteiger partial charge in [-0.2, -0.15) is 0 Å². The molecule has 0 bridgehead atoms. The molecule has 2 rings (SSSR count). The van der Waals surface area contributed by atoms with Gasteiger partial charge in [0.15, 0.2) is 5.78 Å². The van der Waals surface area contributed by atoms with Gasteiger partial charge in [0.05, 0.1) is 25.9 Å². The number of methoxy groups -OCH3 is 1. The molecular formula is C17H25NO3. The van der Waals surface area contributed by atoms with Gasteiger partial charge in [-0.15, -0.1) is 0 Å². The van der Waals surface area contributed by atoms with E-state index in [1.165, 1.54) is 0 Å². The van der Waals surface area contributed by atoms with Crippen LogP contribution >= 0.6 is 0 Å². The molecule has 0 aliphatic carbocycles. The fourth-order valence-electron chi connectivity index (χ4n) is 2.85. The lowest BCUT2D eigenvalue weighted by molar-refractivity contribution is -0.00432. The first-order valence-corrected chi connectivity index (χ1v) is 7.40. The van der Waals surface area contributed by atoms with Crippen LogP contribution in [0.1, 0.15) is 35.3 Å². The lowest BCUT2D eigenvalue weighted by Gasteiger charge is -2.39. The molecule has 0 N–H and O–H groups in total. The zero-order valence-electron chi connectivity index (χ0n) is 13.7. The van der Waals surface area contributed by atoms with Crippen LogP contribution in [0.15, 0.2) is 12.1 Å². The molecule has 21 heavy (non-hydrogen) atoms. The number of Topliss-reactive ketones (excluding diaryl/α,β-unsaturated/α-hetero) is 1. The second kappa shape index (κ2) is 6.16. The minimum atomic E-state index is -0.518. The highest BCUT2D eigenvalue weighted by Crippen LogP contribution is 2.28. The number of hydrogen-bond acceptors (Lipinski definition) is 4. The summed E-state index contributed by atoms with van der Waals surface area (Å²) in [5, 5.41) is 0. The number of ether oxygens (including phenoxy) is 2. The van der Waals surface area contributed by atoms with Crippen molar-refractivity contribution in [2.75, 3.05) is 33.4 Å². The van der Waals surface area contributed by atoms with Crippen LogP contribution in [0.4, 0.5) is 0 Å². The monoisotopic (exact) mass is 291 g/mol. The van der Waals surface area contributed by atoms with Gasteiger partial charge in [0.1, 0.15) is 5.75 Å². The van der Waals surface area contributed by atoms with E-state index in [0.717, 1.165) is 35.5 Å². The zero-order valence-corrected chi connectivity index (χ0v) is 13.7. The second-order valence-corrected chi connectivity index (χ2v) is 6.12. The van der Waals surface area contributed by atoms with Gasteiger partial charge in [-0.05, 0) is 51.0 Å². The van der Waals surface area contributed by atoms with Crippen LogP contribution in [0, 0.1) is 13.8 Å². The molecule has 1 aromatic rings. The van der Waals surface area contributed by atoms with Crippen LogP contribution in [0.2, 0.25) is 0 Å². The number of hydrogen-bond donors (Lipinski definition) is 0. The number of ketones is 1. The van der Waals surface area contributed by atoms with Crippen molar-refractivity contribution in [3.05, 3.63) is 28.8 Å². The van der Waals surface area contributed by atoms with Crippen molar-refractivity contribution in [1.82, 2.24) is 4.90 Å². The Balaban J connectivity index is 2.32. The molecule has 1 heterocycles. The number of morpholine rings is 1. The highest BCUT2D eigenvalue weighted by atomic mass is 16.5. The summed E-state index contributed by atoms with van der Waals surface area (Å²) in [6, 6.07) is 3.89. The second-order valence-electron chi connectivity index (χ2n) is 6.12. The topological polar surface area (TPSA) is 38.8 Å². The fourth-order valence-corrected chi connectivity index (χ4v) is 2.85. The van der Waals surface area contributed by atoms with Crippen LogP contribution < -0.4 is 4.74 Å². The first-order valence-electron chi connectivity index (χ1n) is 7.40. The maximum atomic E-state index is 13.0. The predicted octanol–water partition coefficient (Wildman–Crippen LogP) is 2.61. The van der Waals surface area contributed by atoms with Crippen LogP contribution in [0.5, 0.6) is 5.75 Å². The molecule has 1 aromatic carbocycles. The summed E-state index contributed by atoms with van der Waals surface area (Å²) in [6.07, 6.45) is 0. The highest BCUT2D eigenvalue weighted by molar-refractivity contribution is 6.04. The van der Waals surface area contributed by atoms with Crippen LogP contribution in [0.3, 0.4) is 0 Å². The van der Waals surface area contributed by atoms with E-state index in [2.05, 4.69) is 4.90 Å². The van der Waals surface area contributed by atoms with E-state index in [-0.39, 0.29) is 5.78 Å². The predicted molar refractivity (Wildman–Crippen MR) is 83.3 cm³/mol. The molecule has 0 radical (unpaired) electrons. The summed E-state index contributed by atoms with van der Waals surface area (Å²) < 4.78 is 10.7. The molecule has 0 spiro atoms. The average Bonchev–Trinajstić information content (AvgIpc) is 2.49. The Hall–Kier alpha value is -1.39. The number of nitrogens with zero attached hydrogens (tertiary/aromatic N) is 1. The van der Waals surface area contributed by atoms with Gasteiger partial charge in [-0.1, -0.05) is 0 Å². The summed E-state index contributed by atoms with van der Waals surface area (Å²) in [5.74, 6) is 0.987. The SMILES string of the molecule is COc1cc(C)c(C(=O)C(C)(C)N2CCOCC2)cc1C. The van der Waals surface area contributed by atoms with Crippen LogP contribution in [-0.4, -0.2) is 49.6 Å². The quantitative estimate of drug-likeness (QED) is 0.799. The first-order chi connectivity index (χ1) is 9.87. The van der Waals surface area contributed by atoms with Crippen molar-refractivity contribution in [3.8, 4) is 5.75 Å². The van der Waals surface area contributed by atoms with E-state index in [1.54, 1.807) is 7.11 Å². The van der Waals surface area contributed by atoms with Crippen molar-refractivity contribution < 1.29 is 14.3 Å². The Morgan fingerprint density at radius 3 is 2.38 bits per heavy atom. The van der Waals surface area contributed by atoms with Gasteiger partial charge in [0, 0.05) is 18.7 Å². The number of rotatable bonds is 4. The molecule has 116 valence electrons. The third kappa shape index (κ3) is 3.11. The lowest BCUT2D eigenvalue weighted by Crippen LogP contribution is -2.54. The van der Waals surface area contributed by atoms with Gasteiger partial charge in [-0.3, -0.25) is 9.69 Å². The molecular weight excluding hydrogens is 266 g/mol. The highest BCUT2D eigenvalue weighted by Gasteiger charge is 2.36. The minimum absolute atomic E-state index is 0.160. The third-order valence-corrected chi connectivity index (χ3v) is 4.34. The van der Waals surface area contributed by atoms with Gasteiger partial charge in [-0.25, -0.2) is 0 Å². The van der Waals surface area contributed by atoms with Gasteiger partial charge in [0.25, 0.3) is 0 Å². The molecule has 0 atom stereocenters. The smallest absolute Gasteiger partial charge is 0.182 e. The maximum Gasteiger partial charge on any atom is 0.182 e.